The first-order chi connectivity index (χ1) is 9.79. The summed E-state index contributed by atoms with van der Waals surface area (Å²) in [6, 6.07) is 6.60. The van der Waals surface area contributed by atoms with Crippen LogP contribution in [0.15, 0.2) is 22.7 Å². The topological polar surface area (TPSA) is 38.3 Å². The summed E-state index contributed by atoms with van der Waals surface area (Å²) in [6.45, 7) is 9.52. The molecule has 0 spiro atoms. The molecule has 0 saturated carbocycles. The zero-order chi connectivity index (χ0) is 15.6. The number of ether oxygens (including phenoxy) is 1. The van der Waals surface area contributed by atoms with Crippen molar-refractivity contribution >= 4 is 24.6 Å². The van der Waals surface area contributed by atoms with Gasteiger partial charge in [0.05, 0.1) is 6.61 Å². The van der Waals surface area contributed by atoms with E-state index in [4.69, 9.17) is 4.74 Å². The predicted molar refractivity (Wildman–Crippen MR) is 90.0 cm³/mol. The van der Waals surface area contributed by atoms with Crippen LogP contribution in [-0.4, -0.2) is 27.1 Å². The van der Waals surface area contributed by atoms with Crippen molar-refractivity contribution in [1.82, 2.24) is 5.32 Å². The van der Waals surface area contributed by atoms with E-state index in [0.717, 1.165) is 13.0 Å². The minimum absolute atomic E-state index is 0.0854. The SMILES string of the molecule is C[Si](=O)C(OC[C@H]1Cc2c(Br)cccc2CN1)C(C)(C)C. The van der Waals surface area contributed by atoms with E-state index in [1.54, 1.807) is 6.55 Å². The number of fused-ring (bicyclic) bond motifs is 1. The van der Waals surface area contributed by atoms with Crippen LogP contribution in [0, 0.1) is 5.41 Å². The highest BCUT2D eigenvalue weighted by molar-refractivity contribution is 9.10. The van der Waals surface area contributed by atoms with Crippen LogP contribution in [-0.2, 0) is 22.2 Å². The van der Waals surface area contributed by atoms with Gasteiger partial charge in [0.15, 0.2) is 0 Å². The van der Waals surface area contributed by atoms with Gasteiger partial charge in [-0.2, -0.15) is 0 Å². The summed E-state index contributed by atoms with van der Waals surface area (Å²) in [4.78, 5) is 0. The van der Waals surface area contributed by atoms with Gasteiger partial charge in [0.25, 0.3) is 0 Å². The fourth-order valence-corrected chi connectivity index (χ4v) is 5.00. The molecule has 1 aromatic rings. The summed E-state index contributed by atoms with van der Waals surface area (Å²) in [5.41, 5.74) is 2.46. The molecule has 2 rings (SSSR count). The number of nitrogens with one attached hydrogen (secondary N) is 1. The first-order valence-electron chi connectivity index (χ1n) is 7.40. The minimum atomic E-state index is -1.71. The molecule has 1 unspecified atom stereocenters. The van der Waals surface area contributed by atoms with Crippen molar-refractivity contribution < 1.29 is 9.20 Å². The van der Waals surface area contributed by atoms with E-state index >= 15 is 0 Å². The molecule has 2 atom stereocenters. The van der Waals surface area contributed by atoms with Crippen LogP contribution in [0.25, 0.3) is 0 Å². The number of hydrogen-bond acceptors (Lipinski definition) is 3. The smallest absolute Gasteiger partial charge is 0.304 e. The van der Waals surface area contributed by atoms with E-state index in [9.17, 15) is 4.46 Å². The van der Waals surface area contributed by atoms with Gasteiger partial charge in [0.1, 0.15) is 5.73 Å². The molecule has 1 aliphatic heterocycles. The molecule has 0 saturated heterocycles. The lowest BCUT2D eigenvalue weighted by Crippen LogP contribution is -2.44. The number of benzene rings is 1. The molecule has 0 amide bonds. The van der Waals surface area contributed by atoms with Crippen molar-refractivity contribution in [3.05, 3.63) is 33.8 Å². The van der Waals surface area contributed by atoms with Crippen LogP contribution in [0.4, 0.5) is 0 Å². The molecule has 1 N–H and O–H groups in total. The monoisotopic (exact) mass is 369 g/mol. The molecule has 1 heterocycles. The average molecular weight is 370 g/mol. The zero-order valence-electron chi connectivity index (χ0n) is 13.2. The summed E-state index contributed by atoms with van der Waals surface area (Å²) in [5, 5.41) is 3.51. The van der Waals surface area contributed by atoms with E-state index in [-0.39, 0.29) is 17.2 Å². The maximum absolute atomic E-state index is 11.9. The van der Waals surface area contributed by atoms with Crippen molar-refractivity contribution in [1.29, 1.82) is 0 Å². The van der Waals surface area contributed by atoms with E-state index in [1.165, 1.54) is 15.6 Å². The third kappa shape index (κ3) is 4.31. The molecule has 0 fully saturated rings. The Morgan fingerprint density at radius 3 is 2.81 bits per heavy atom. The van der Waals surface area contributed by atoms with Gasteiger partial charge in [-0.15, -0.1) is 0 Å². The fourth-order valence-electron chi connectivity index (χ4n) is 2.88. The number of rotatable bonds is 4. The van der Waals surface area contributed by atoms with Crippen LogP contribution >= 0.6 is 15.9 Å². The van der Waals surface area contributed by atoms with Crippen LogP contribution in [0.2, 0.25) is 6.55 Å². The van der Waals surface area contributed by atoms with E-state index in [0.29, 0.717) is 6.61 Å². The molecule has 0 radical (unpaired) electrons. The molecule has 3 nitrogen and oxygen atoms in total. The number of halogens is 1. The summed E-state index contributed by atoms with van der Waals surface area (Å²) >= 11 is 3.63. The molecule has 21 heavy (non-hydrogen) atoms. The van der Waals surface area contributed by atoms with Crippen molar-refractivity contribution in [2.75, 3.05) is 6.61 Å². The van der Waals surface area contributed by atoms with Gasteiger partial charge >= 0.3 is 8.68 Å². The van der Waals surface area contributed by atoms with Crippen LogP contribution < -0.4 is 5.32 Å². The summed E-state index contributed by atoms with van der Waals surface area (Å²) in [5.74, 6) is 0. The highest BCUT2D eigenvalue weighted by Gasteiger charge is 2.32. The molecule has 1 aliphatic rings. The van der Waals surface area contributed by atoms with Gasteiger partial charge in [0.2, 0.25) is 0 Å². The Labute approximate surface area is 137 Å². The van der Waals surface area contributed by atoms with Crippen molar-refractivity contribution in [2.45, 2.75) is 52.1 Å². The van der Waals surface area contributed by atoms with E-state index in [1.807, 2.05) is 0 Å². The predicted octanol–water partition coefficient (Wildman–Crippen LogP) is 3.49. The fraction of sp³-hybridized carbons (Fsp3) is 0.625. The molecule has 1 aromatic carbocycles. The lowest BCUT2D eigenvalue weighted by Gasteiger charge is -2.32. The molecular formula is C16H24BrNO2Si. The molecule has 0 bridgehead atoms. The maximum atomic E-state index is 11.9. The maximum Gasteiger partial charge on any atom is 0.304 e. The Morgan fingerprint density at radius 1 is 1.48 bits per heavy atom. The van der Waals surface area contributed by atoms with Crippen molar-refractivity contribution in [3.63, 3.8) is 0 Å². The van der Waals surface area contributed by atoms with Crippen LogP contribution in [0.3, 0.4) is 0 Å². The Hall–Kier alpha value is -0.363. The highest BCUT2D eigenvalue weighted by Crippen LogP contribution is 2.27. The third-order valence-electron chi connectivity index (χ3n) is 3.87. The third-order valence-corrected chi connectivity index (χ3v) is 6.38. The van der Waals surface area contributed by atoms with Gasteiger partial charge < -0.3 is 14.5 Å². The second-order valence-corrected chi connectivity index (χ2v) is 9.45. The standard InChI is InChI=1S/C16H24BrNO2Si/c1-16(2,3)15(21(4)19)20-10-12-8-13-11(9-18-12)6-5-7-14(13)17/h5-7,12,15,18H,8-10H2,1-4H3/t12-,15?/m1/s1. The Kier molecular flexibility index (Phi) is 5.52. The zero-order valence-corrected chi connectivity index (χ0v) is 15.8. The van der Waals surface area contributed by atoms with E-state index in [2.05, 4.69) is 60.2 Å². The first kappa shape index (κ1) is 17.0. The lowest BCUT2D eigenvalue weighted by atomic mass is 9.96. The van der Waals surface area contributed by atoms with Gasteiger partial charge in [0, 0.05) is 17.1 Å². The summed E-state index contributed by atoms with van der Waals surface area (Å²) in [7, 11) is -1.71. The van der Waals surface area contributed by atoms with Gasteiger partial charge in [-0.3, -0.25) is 0 Å². The second-order valence-electron chi connectivity index (χ2n) is 6.85. The highest BCUT2D eigenvalue weighted by atomic mass is 79.9. The molecule has 0 aromatic heterocycles. The molecule has 116 valence electrons. The van der Waals surface area contributed by atoms with Crippen molar-refractivity contribution in [2.24, 2.45) is 5.41 Å². The minimum Gasteiger partial charge on any atom is -0.386 e. The normalized spacial score (nSPS) is 20.0. The second kappa shape index (κ2) is 6.81. The van der Waals surface area contributed by atoms with E-state index < -0.39 is 8.68 Å². The summed E-state index contributed by atoms with van der Waals surface area (Å²) < 4.78 is 19.1. The Morgan fingerprint density at radius 2 is 2.19 bits per heavy atom. The molecular weight excluding hydrogens is 346 g/mol. The lowest BCUT2D eigenvalue weighted by molar-refractivity contribution is 0.0172. The average Bonchev–Trinajstić information content (AvgIpc) is 2.38. The van der Waals surface area contributed by atoms with Gasteiger partial charge in [-0.25, -0.2) is 0 Å². The largest absolute Gasteiger partial charge is 0.386 e. The summed E-state index contributed by atoms with van der Waals surface area (Å²) in [6.07, 6.45) is 0.943. The first-order valence-corrected chi connectivity index (χ1v) is 10.2. The Bertz CT molecular complexity index is 527. The number of hydrogen-bond donors (Lipinski definition) is 1. The van der Waals surface area contributed by atoms with Crippen molar-refractivity contribution in [3.8, 4) is 0 Å². The molecule has 5 heteroatoms. The molecule has 0 aliphatic carbocycles. The Balaban J connectivity index is 2.00. The van der Waals surface area contributed by atoms with Gasteiger partial charge in [-0.1, -0.05) is 48.8 Å². The van der Waals surface area contributed by atoms with Crippen LogP contribution in [0.5, 0.6) is 0 Å². The van der Waals surface area contributed by atoms with Crippen LogP contribution in [0.1, 0.15) is 31.9 Å². The quantitative estimate of drug-likeness (QED) is 0.825. The van der Waals surface area contributed by atoms with Gasteiger partial charge in [-0.05, 0) is 35.6 Å².